The number of nitrogens with zero attached hydrogens (tertiary/aromatic N) is 5. The van der Waals surface area contributed by atoms with E-state index in [0.717, 1.165) is 5.56 Å². The average Bonchev–Trinajstić information content (AvgIpc) is 3.67. The van der Waals surface area contributed by atoms with Gasteiger partial charge in [-0.2, -0.15) is 4.98 Å². The first-order valence-corrected chi connectivity index (χ1v) is 13.6. The van der Waals surface area contributed by atoms with E-state index in [1.54, 1.807) is 35.4 Å². The van der Waals surface area contributed by atoms with Crippen molar-refractivity contribution in [2.75, 3.05) is 25.0 Å². The topological polar surface area (TPSA) is 106 Å². The van der Waals surface area contributed by atoms with Crippen LogP contribution in [-0.4, -0.2) is 62.2 Å². The maximum atomic E-state index is 14.9. The molecule has 0 spiro atoms. The lowest BCUT2D eigenvalue weighted by Crippen LogP contribution is -2.35. The number of nitrogens with one attached hydrogen (secondary N) is 1. The lowest BCUT2D eigenvalue weighted by molar-refractivity contribution is -0.131. The molecule has 2 fully saturated rings. The first-order chi connectivity index (χ1) is 19.2. The molecule has 2 aliphatic heterocycles. The highest BCUT2D eigenvalue weighted by Gasteiger charge is 2.38. The lowest BCUT2D eigenvalue weighted by Gasteiger charge is -2.21. The van der Waals surface area contributed by atoms with E-state index in [1.807, 2.05) is 26.8 Å². The molecule has 0 aliphatic carbocycles. The molecule has 4 aromatic rings. The number of carbonyl (C=O) groups excluding carboxylic acids is 1. The maximum Gasteiger partial charge on any atom is 0.355 e. The summed E-state index contributed by atoms with van der Waals surface area (Å²) in [6.45, 7) is 7.38. The standard InChI is InChI=1S/C29H28ClFN6O3/c1-15(2)23-25(16(3)8-10-32-23)37-27-19(12-20(30)24(34-27)18-6-4-5-7-21(18)31)26(35-29(37)39)33-17-9-11-36(13-17)28(38)22-14-40-22/h4-8,10,12,15,17,22H,9,11,13-14H2,1-3H3,(H,33,35,39)/t17-,22?/m1/s1. The molecular formula is C29H28ClFN6O3. The number of ether oxygens (including phenoxy) is 1. The van der Waals surface area contributed by atoms with Gasteiger partial charge < -0.3 is 15.0 Å². The van der Waals surface area contributed by atoms with Crippen LogP contribution in [-0.2, 0) is 9.53 Å². The van der Waals surface area contributed by atoms with Gasteiger partial charge in [0.25, 0.3) is 5.91 Å². The second-order valence-electron chi connectivity index (χ2n) is 10.5. The number of amides is 1. The second-order valence-corrected chi connectivity index (χ2v) is 10.9. The number of aromatic nitrogens is 4. The number of hydrogen-bond donors (Lipinski definition) is 1. The van der Waals surface area contributed by atoms with E-state index in [0.29, 0.717) is 48.7 Å². The van der Waals surface area contributed by atoms with Gasteiger partial charge in [-0.05, 0) is 49.1 Å². The van der Waals surface area contributed by atoms with Crippen molar-refractivity contribution in [2.45, 2.75) is 45.3 Å². The molecule has 0 radical (unpaired) electrons. The fraction of sp³-hybridized carbons (Fsp3) is 0.345. The minimum atomic E-state index is -0.556. The number of benzene rings is 1. The molecule has 1 N–H and O–H groups in total. The van der Waals surface area contributed by atoms with Crippen LogP contribution in [0.15, 0.2) is 47.4 Å². The number of hydrogen-bond acceptors (Lipinski definition) is 7. The molecule has 6 rings (SSSR count). The first-order valence-electron chi connectivity index (χ1n) is 13.2. The van der Waals surface area contributed by atoms with Gasteiger partial charge in [-0.25, -0.2) is 18.7 Å². The summed E-state index contributed by atoms with van der Waals surface area (Å²) in [5.74, 6) is -0.191. The SMILES string of the molecule is Cc1ccnc(C(C)C)c1-n1c(=O)nc(N[C@@H]2CCN(C(=O)C3CO3)C2)c2cc(Cl)c(-c3ccccc3F)nc21. The van der Waals surface area contributed by atoms with E-state index >= 15 is 0 Å². The fourth-order valence-electron chi connectivity index (χ4n) is 5.22. The monoisotopic (exact) mass is 562 g/mol. The highest BCUT2D eigenvalue weighted by atomic mass is 35.5. The highest BCUT2D eigenvalue weighted by molar-refractivity contribution is 6.33. The number of halogens is 2. The molecule has 11 heteroatoms. The Hall–Kier alpha value is -3.89. The zero-order chi connectivity index (χ0) is 28.1. The summed E-state index contributed by atoms with van der Waals surface area (Å²) >= 11 is 6.70. The van der Waals surface area contributed by atoms with Gasteiger partial charge in [-0.3, -0.25) is 9.78 Å². The third-order valence-electron chi connectivity index (χ3n) is 7.32. The number of pyridine rings is 2. The number of anilines is 1. The molecule has 2 saturated heterocycles. The summed E-state index contributed by atoms with van der Waals surface area (Å²) in [5, 5.41) is 4.06. The third-order valence-corrected chi connectivity index (χ3v) is 7.61. The predicted octanol–water partition coefficient (Wildman–Crippen LogP) is 4.48. The van der Waals surface area contributed by atoms with Gasteiger partial charge in [0.05, 0.1) is 34.1 Å². The van der Waals surface area contributed by atoms with Crippen LogP contribution < -0.4 is 11.0 Å². The van der Waals surface area contributed by atoms with Gasteiger partial charge in [0.1, 0.15) is 11.6 Å². The third kappa shape index (κ3) is 4.71. The number of carbonyl (C=O) groups is 1. The molecule has 1 aromatic carbocycles. The van der Waals surface area contributed by atoms with Crippen molar-refractivity contribution in [2.24, 2.45) is 0 Å². The zero-order valence-electron chi connectivity index (χ0n) is 22.3. The summed E-state index contributed by atoms with van der Waals surface area (Å²) in [4.78, 5) is 41.8. The molecular weight excluding hydrogens is 535 g/mol. The molecule has 3 aromatic heterocycles. The Kier molecular flexibility index (Phi) is 6.75. The molecule has 1 unspecified atom stereocenters. The van der Waals surface area contributed by atoms with E-state index in [1.165, 1.54) is 10.6 Å². The van der Waals surface area contributed by atoms with Crippen molar-refractivity contribution < 1.29 is 13.9 Å². The summed E-state index contributed by atoms with van der Waals surface area (Å²) < 4.78 is 21.4. The quantitative estimate of drug-likeness (QED) is 0.345. The number of likely N-dealkylation sites (tertiary alicyclic amines) is 1. The van der Waals surface area contributed by atoms with Gasteiger partial charge in [0.15, 0.2) is 11.8 Å². The minimum Gasteiger partial charge on any atom is -0.365 e. The molecule has 2 atom stereocenters. The maximum absolute atomic E-state index is 14.9. The Morgan fingerprint density at radius 2 is 2.00 bits per heavy atom. The molecule has 0 saturated carbocycles. The van der Waals surface area contributed by atoms with Crippen molar-refractivity contribution in [1.29, 1.82) is 0 Å². The van der Waals surface area contributed by atoms with Crippen LogP contribution >= 0.6 is 11.6 Å². The van der Waals surface area contributed by atoms with Crippen molar-refractivity contribution in [3.05, 3.63) is 75.2 Å². The van der Waals surface area contributed by atoms with E-state index < -0.39 is 11.5 Å². The average molecular weight is 563 g/mol. The van der Waals surface area contributed by atoms with Crippen LogP contribution in [0.1, 0.15) is 37.4 Å². The lowest BCUT2D eigenvalue weighted by atomic mass is 10.0. The summed E-state index contributed by atoms with van der Waals surface area (Å²) in [5.41, 5.74) is 2.28. The van der Waals surface area contributed by atoms with E-state index in [4.69, 9.17) is 21.3 Å². The number of rotatable bonds is 6. The molecule has 206 valence electrons. The summed E-state index contributed by atoms with van der Waals surface area (Å²) in [6, 6.07) is 9.59. The Morgan fingerprint density at radius 1 is 1.23 bits per heavy atom. The Labute approximate surface area is 235 Å². The van der Waals surface area contributed by atoms with Crippen molar-refractivity contribution in [3.8, 4) is 16.9 Å². The number of aryl methyl sites for hydroxylation is 1. The summed E-state index contributed by atoms with van der Waals surface area (Å²) in [6.07, 6.45) is 2.04. The molecule has 40 heavy (non-hydrogen) atoms. The van der Waals surface area contributed by atoms with Crippen LogP contribution in [0.25, 0.3) is 28.0 Å². The predicted molar refractivity (Wildman–Crippen MR) is 151 cm³/mol. The van der Waals surface area contributed by atoms with Gasteiger partial charge in [0, 0.05) is 30.9 Å². The highest BCUT2D eigenvalue weighted by Crippen LogP contribution is 2.35. The molecule has 9 nitrogen and oxygen atoms in total. The molecule has 2 aliphatic rings. The molecule has 0 bridgehead atoms. The minimum absolute atomic E-state index is 0.00504. The van der Waals surface area contributed by atoms with Gasteiger partial charge in [0.2, 0.25) is 0 Å². The van der Waals surface area contributed by atoms with E-state index in [-0.39, 0.29) is 45.9 Å². The van der Waals surface area contributed by atoms with Crippen LogP contribution in [0.2, 0.25) is 5.02 Å². The zero-order valence-corrected chi connectivity index (χ0v) is 23.1. The van der Waals surface area contributed by atoms with Crippen LogP contribution in [0, 0.1) is 12.7 Å². The second kappa shape index (κ2) is 10.3. The van der Waals surface area contributed by atoms with E-state index in [9.17, 15) is 14.0 Å². The van der Waals surface area contributed by atoms with Crippen LogP contribution in [0.5, 0.6) is 0 Å². The van der Waals surface area contributed by atoms with Crippen molar-refractivity contribution >= 4 is 34.4 Å². The summed E-state index contributed by atoms with van der Waals surface area (Å²) in [7, 11) is 0. The van der Waals surface area contributed by atoms with Crippen molar-refractivity contribution in [3.63, 3.8) is 0 Å². The van der Waals surface area contributed by atoms with Gasteiger partial charge in [-0.15, -0.1) is 0 Å². The van der Waals surface area contributed by atoms with Crippen molar-refractivity contribution in [1.82, 2.24) is 24.4 Å². The Balaban J connectivity index is 1.54. The normalized spacial score (nSPS) is 18.5. The number of fused-ring (bicyclic) bond motifs is 1. The molecule has 5 heterocycles. The fourth-order valence-corrected chi connectivity index (χ4v) is 5.48. The van der Waals surface area contributed by atoms with Gasteiger partial charge >= 0.3 is 5.69 Å². The van der Waals surface area contributed by atoms with Crippen LogP contribution in [0.4, 0.5) is 10.2 Å². The van der Waals surface area contributed by atoms with Crippen LogP contribution in [0.3, 0.4) is 0 Å². The van der Waals surface area contributed by atoms with Gasteiger partial charge in [-0.1, -0.05) is 37.6 Å². The Bertz CT molecular complexity index is 1700. The molecule has 1 amide bonds. The Morgan fingerprint density at radius 3 is 2.73 bits per heavy atom. The largest absolute Gasteiger partial charge is 0.365 e. The van der Waals surface area contributed by atoms with E-state index in [2.05, 4.69) is 15.3 Å². The first kappa shape index (κ1) is 26.3. The smallest absolute Gasteiger partial charge is 0.355 e. The number of epoxide rings is 1.